The van der Waals surface area contributed by atoms with Crippen LogP contribution in [0.5, 0.6) is 0 Å². The number of benzene rings is 2. The summed E-state index contributed by atoms with van der Waals surface area (Å²) in [6.45, 7) is 4.27. The third-order valence-corrected chi connectivity index (χ3v) is 9.55. The predicted molar refractivity (Wildman–Crippen MR) is 164 cm³/mol. The van der Waals surface area contributed by atoms with Gasteiger partial charge >= 0.3 is 5.97 Å². The molecule has 40 heavy (non-hydrogen) atoms. The summed E-state index contributed by atoms with van der Waals surface area (Å²) < 4.78 is 5.38. The molecule has 202 valence electrons. The van der Waals surface area contributed by atoms with Gasteiger partial charge in [0.05, 0.1) is 23.6 Å². The molecule has 0 fully saturated rings. The number of nitrogens with zero attached hydrogens (tertiary/aromatic N) is 1. The molecule has 3 N–H and O–H groups in total. The number of ether oxygens (including phenoxy) is 1. The Morgan fingerprint density at radius 1 is 1.05 bits per heavy atom. The summed E-state index contributed by atoms with van der Waals surface area (Å²) in [6, 6.07) is 22.0. The molecule has 3 heterocycles. The van der Waals surface area contributed by atoms with Crippen LogP contribution in [0.25, 0.3) is 32.6 Å². The van der Waals surface area contributed by atoms with E-state index in [1.165, 1.54) is 22.7 Å². The highest BCUT2D eigenvalue weighted by atomic mass is 32.1. The van der Waals surface area contributed by atoms with Crippen LogP contribution in [0.1, 0.15) is 50.7 Å². The molecule has 1 aliphatic carbocycles. The van der Waals surface area contributed by atoms with E-state index in [0.717, 1.165) is 57.5 Å². The third kappa shape index (κ3) is 4.78. The SMILES string of the molecule is CCOC(=O)c1c(NC(=O)c2sc3nc(-c4ccccc4)cc(-c4ccccc4)c3c2N)sc2c1CC[C@H](C)C2. The fourth-order valence-electron chi connectivity index (χ4n) is 5.31. The molecule has 0 aliphatic heterocycles. The van der Waals surface area contributed by atoms with Crippen LogP contribution in [0.4, 0.5) is 10.7 Å². The number of anilines is 2. The smallest absolute Gasteiger partial charge is 0.341 e. The summed E-state index contributed by atoms with van der Waals surface area (Å²) in [5, 5.41) is 4.31. The number of nitrogens with one attached hydrogen (secondary N) is 1. The van der Waals surface area contributed by atoms with Gasteiger partial charge in [0.15, 0.2) is 0 Å². The number of amides is 1. The zero-order valence-electron chi connectivity index (χ0n) is 22.3. The number of carbonyl (C=O) groups excluding carboxylic acids is 2. The summed E-state index contributed by atoms with van der Waals surface area (Å²) in [5.41, 5.74) is 12.3. The highest BCUT2D eigenvalue weighted by Gasteiger charge is 2.30. The number of aromatic nitrogens is 1. The van der Waals surface area contributed by atoms with Crippen LogP contribution in [-0.4, -0.2) is 23.5 Å². The van der Waals surface area contributed by atoms with E-state index in [-0.39, 0.29) is 12.5 Å². The van der Waals surface area contributed by atoms with Crippen molar-refractivity contribution in [2.24, 2.45) is 5.92 Å². The molecule has 2 aromatic carbocycles. The lowest BCUT2D eigenvalue weighted by Crippen LogP contribution is -2.16. The number of nitrogens with two attached hydrogens (primary N) is 1. The maximum atomic E-state index is 13.8. The summed E-state index contributed by atoms with van der Waals surface area (Å²) in [5.74, 6) is -0.211. The molecule has 3 aromatic heterocycles. The number of fused-ring (bicyclic) bond motifs is 2. The van der Waals surface area contributed by atoms with Crippen molar-refractivity contribution in [3.05, 3.63) is 87.6 Å². The first-order valence-electron chi connectivity index (χ1n) is 13.4. The Bertz CT molecular complexity index is 1730. The van der Waals surface area contributed by atoms with Gasteiger partial charge in [0.2, 0.25) is 0 Å². The highest BCUT2D eigenvalue weighted by molar-refractivity contribution is 7.21. The van der Waals surface area contributed by atoms with Gasteiger partial charge < -0.3 is 15.8 Å². The van der Waals surface area contributed by atoms with Gasteiger partial charge in [-0.1, -0.05) is 67.6 Å². The number of nitrogen functional groups attached to an aromatic ring is 1. The van der Waals surface area contributed by atoms with E-state index in [1.54, 1.807) is 6.92 Å². The third-order valence-electron chi connectivity index (χ3n) is 7.28. The molecule has 0 unspecified atom stereocenters. The van der Waals surface area contributed by atoms with Crippen LogP contribution in [0, 0.1) is 5.92 Å². The minimum Gasteiger partial charge on any atom is -0.462 e. The number of carbonyl (C=O) groups is 2. The summed E-state index contributed by atoms with van der Waals surface area (Å²) in [7, 11) is 0. The Kier molecular flexibility index (Phi) is 7.12. The fourth-order valence-corrected chi connectivity index (χ4v) is 7.72. The van der Waals surface area contributed by atoms with Crippen LogP contribution in [0.2, 0.25) is 0 Å². The molecule has 0 saturated carbocycles. The Morgan fingerprint density at radius 3 is 2.45 bits per heavy atom. The Hall–Kier alpha value is -4.01. The van der Waals surface area contributed by atoms with Crippen molar-refractivity contribution in [3.8, 4) is 22.4 Å². The molecule has 6 nitrogen and oxygen atoms in total. The Morgan fingerprint density at radius 2 is 1.75 bits per heavy atom. The first kappa shape index (κ1) is 26.2. The van der Waals surface area contributed by atoms with Crippen molar-refractivity contribution in [3.63, 3.8) is 0 Å². The maximum Gasteiger partial charge on any atom is 0.341 e. The lowest BCUT2D eigenvalue weighted by atomic mass is 9.88. The first-order valence-corrected chi connectivity index (χ1v) is 15.0. The molecular formula is C32H29N3O3S2. The average Bonchev–Trinajstić information content (AvgIpc) is 3.50. The van der Waals surface area contributed by atoms with E-state index in [9.17, 15) is 9.59 Å². The molecule has 1 amide bonds. The number of esters is 1. The van der Waals surface area contributed by atoms with E-state index in [1.807, 2.05) is 66.7 Å². The summed E-state index contributed by atoms with van der Waals surface area (Å²) >= 11 is 2.74. The molecular weight excluding hydrogens is 539 g/mol. The monoisotopic (exact) mass is 567 g/mol. The van der Waals surface area contributed by atoms with Crippen molar-refractivity contribution >= 4 is 55.5 Å². The second-order valence-corrected chi connectivity index (χ2v) is 12.1. The van der Waals surface area contributed by atoms with Crippen molar-refractivity contribution < 1.29 is 14.3 Å². The summed E-state index contributed by atoms with van der Waals surface area (Å²) in [4.78, 5) is 33.9. The second-order valence-electron chi connectivity index (χ2n) is 10.0. The number of hydrogen-bond donors (Lipinski definition) is 2. The highest BCUT2D eigenvalue weighted by Crippen LogP contribution is 2.43. The van der Waals surface area contributed by atoms with Gasteiger partial charge in [-0.2, -0.15) is 0 Å². The van der Waals surface area contributed by atoms with Crippen LogP contribution in [0.3, 0.4) is 0 Å². The summed E-state index contributed by atoms with van der Waals surface area (Å²) in [6.07, 6.45) is 2.69. The zero-order valence-corrected chi connectivity index (χ0v) is 24.0. The second kappa shape index (κ2) is 10.9. The molecule has 1 aliphatic rings. The lowest BCUT2D eigenvalue weighted by molar-refractivity contribution is 0.0526. The number of rotatable bonds is 6. The first-order chi connectivity index (χ1) is 19.4. The van der Waals surface area contributed by atoms with E-state index in [2.05, 4.69) is 12.2 Å². The minimum absolute atomic E-state index is 0.272. The van der Waals surface area contributed by atoms with Crippen molar-refractivity contribution in [2.45, 2.75) is 33.1 Å². The molecule has 6 rings (SSSR count). The standard InChI is InChI=1S/C32H29N3O3S2/c1-3-38-32(37)26-21-15-14-18(2)16-24(21)39-31(26)35-29(36)28-27(33)25-22(19-10-6-4-7-11-19)17-23(34-30(25)40-28)20-12-8-5-9-13-20/h4-13,17-18H,3,14-16,33H2,1-2H3,(H,35,36)/t18-/m0/s1. The Balaban J connectivity index is 1.45. The largest absolute Gasteiger partial charge is 0.462 e. The van der Waals surface area contributed by atoms with E-state index in [0.29, 0.717) is 31.9 Å². The fraction of sp³-hybridized carbons (Fsp3) is 0.219. The van der Waals surface area contributed by atoms with Gasteiger partial charge in [-0.05, 0) is 54.9 Å². The Labute approximate surface area is 240 Å². The van der Waals surface area contributed by atoms with Crippen LogP contribution >= 0.6 is 22.7 Å². The quantitative estimate of drug-likeness (QED) is 0.204. The number of hydrogen-bond acceptors (Lipinski definition) is 7. The molecule has 0 bridgehead atoms. The van der Waals surface area contributed by atoms with Gasteiger partial charge in [0.1, 0.15) is 14.7 Å². The lowest BCUT2D eigenvalue weighted by Gasteiger charge is -2.18. The molecule has 0 spiro atoms. The molecule has 0 saturated heterocycles. The van der Waals surface area contributed by atoms with Crippen LogP contribution in [0.15, 0.2) is 66.7 Å². The minimum atomic E-state index is -0.394. The topological polar surface area (TPSA) is 94.3 Å². The molecule has 1 atom stereocenters. The maximum absolute atomic E-state index is 13.8. The van der Waals surface area contributed by atoms with Gasteiger partial charge in [-0.25, -0.2) is 9.78 Å². The normalized spacial score (nSPS) is 14.6. The van der Waals surface area contributed by atoms with Gasteiger partial charge in [0.25, 0.3) is 5.91 Å². The van der Waals surface area contributed by atoms with Gasteiger partial charge in [0, 0.05) is 15.8 Å². The van der Waals surface area contributed by atoms with Crippen molar-refractivity contribution in [2.75, 3.05) is 17.7 Å². The van der Waals surface area contributed by atoms with Crippen LogP contribution in [-0.2, 0) is 17.6 Å². The zero-order chi connectivity index (χ0) is 27.8. The van der Waals surface area contributed by atoms with E-state index >= 15 is 0 Å². The van der Waals surface area contributed by atoms with Gasteiger partial charge in [-0.15, -0.1) is 22.7 Å². The van der Waals surface area contributed by atoms with Gasteiger partial charge in [-0.3, -0.25) is 4.79 Å². The molecule has 5 aromatic rings. The average molecular weight is 568 g/mol. The molecule has 0 radical (unpaired) electrons. The van der Waals surface area contributed by atoms with Crippen LogP contribution < -0.4 is 11.1 Å². The van der Waals surface area contributed by atoms with E-state index in [4.69, 9.17) is 15.5 Å². The number of thiophene rings is 2. The van der Waals surface area contributed by atoms with Crippen molar-refractivity contribution in [1.29, 1.82) is 0 Å². The predicted octanol–water partition coefficient (Wildman–Crippen LogP) is 7.83. The number of pyridine rings is 1. The molecule has 8 heteroatoms. The van der Waals surface area contributed by atoms with Crippen molar-refractivity contribution in [1.82, 2.24) is 4.98 Å². The van der Waals surface area contributed by atoms with E-state index < -0.39 is 5.97 Å².